The lowest BCUT2D eigenvalue weighted by atomic mass is 9.80. The van der Waals surface area contributed by atoms with Gasteiger partial charge in [-0.1, -0.05) is 64.1 Å². The molecular formula is C26H34N4O. The lowest BCUT2D eigenvalue weighted by Gasteiger charge is -2.31. The number of nitrogens with zero attached hydrogens (tertiary/aromatic N) is 3. The molecule has 0 aliphatic carbocycles. The van der Waals surface area contributed by atoms with E-state index in [2.05, 4.69) is 11.1 Å². The van der Waals surface area contributed by atoms with Gasteiger partial charge in [-0.25, -0.2) is 4.98 Å². The zero-order chi connectivity index (χ0) is 23.2. The molecule has 5 nitrogen and oxygen atoms in total. The third-order valence-corrected chi connectivity index (χ3v) is 5.36. The zero-order valence-electron chi connectivity index (χ0n) is 19.7. The van der Waals surface area contributed by atoms with Crippen molar-refractivity contribution in [2.24, 2.45) is 19.8 Å². The quantitative estimate of drug-likeness (QED) is 0.515. The second-order valence-electron chi connectivity index (χ2n) is 7.02. The van der Waals surface area contributed by atoms with Crippen molar-refractivity contribution in [2.75, 3.05) is 0 Å². The van der Waals surface area contributed by atoms with Crippen molar-refractivity contribution >= 4 is 10.9 Å². The van der Waals surface area contributed by atoms with E-state index < -0.39 is 5.54 Å². The number of hydrogen-bond acceptors (Lipinski definition) is 3. The Balaban J connectivity index is 0.000000807. The topological polar surface area (TPSA) is 65.8 Å². The largest absolute Gasteiger partial charge is 0.336 e. The maximum Gasteiger partial charge on any atom is 0.251 e. The number of aryl methyl sites for hydroxylation is 3. The molecule has 5 heteroatoms. The Labute approximate surface area is 185 Å². The van der Waals surface area contributed by atoms with Crippen LogP contribution in [0.4, 0.5) is 0 Å². The van der Waals surface area contributed by atoms with Crippen molar-refractivity contribution in [2.45, 2.75) is 40.2 Å². The first kappa shape index (κ1) is 24.1. The molecule has 2 N–H and O–H groups in total. The Morgan fingerprint density at radius 3 is 2.13 bits per heavy atom. The smallest absolute Gasteiger partial charge is 0.251 e. The van der Waals surface area contributed by atoms with Crippen LogP contribution in [0.1, 0.15) is 50.1 Å². The number of fused-ring (bicyclic) bond motifs is 1. The molecule has 4 rings (SSSR count). The van der Waals surface area contributed by atoms with Crippen LogP contribution in [0.15, 0.2) is 71.9 Å². The minimum absolute atomic E-state index is 0.0125. The monoisotopic (exact) mass is 418 g/mol. The number of pyridine rings is 1. The molecule has 1 unspecified atom stereocenters. The number of rotatable bonds is 3. The van der Waals surface area contributed by atoms with Gasteiger partial charge in [0, 0.05) is 25.5 Å². The van der Waals surface area contributed by atoms with E-state index in [-0.39, 0.29) is 5.56 Å². The number of benzene rings is 2. The lowest BCUT2D eigenvalue weighted by Crippen LogP contribution is -2.41. The van der Waals surface area contributed by atoms with Crippen molar-refractivity contribution in [3.8, 4) is 0 Å². The average Bonchev–Trinajstić information content (AvgIpc) is 3.26. The summed E-state index contributed by atoms with van der Waals surface area (Å²) in [7, 11) is 3.74. The van der Waals surface area contributed by atoms with Crippen molar-refractivity contribution in [1.29, 1.82) is 0 Å². The predicted octanol–water partition coefficient (Wildman–Crippen LogP) is 4.88. The minimum atomic E-state index is -0.859. The Bertz CT molecular complexity index is 1190. The summed E-state index contributed by atoms with van der Waals surface area (Å²) >= 11 is 0. The molecule has 0 saturated carbocycles. The first-order valence-electron chi connectivity index (χ1n) is 10.8. The fourth-order valence-corrected chi connectivity index (χ4v) is 3.77. The summed E-state index contributed by atoms with van der Waals surface area (Å²) in [5.74, 6) is 0. The van der Waals surface area contributed by atoms with E-state index >= 15 is 0 Å². The first-order chi connectivity index (χ1) is 14.9. The summed E-state index contributed by atoms with van der Waals surface area (Å²) < 4.78 is 3.61. The number of hydrogen-bond donors (Lipinski definition) is 1. The molecule has 2 heterocycles. The van der Waals surface area contributed by atoms with E-state index in [9.17, 15) is 4.79 Å². The SMILES string of the molecule is CC.CC.Cc1cc(=O)n(C)c2ccc(C(N)(c3ccccc3)c3cncn3C)cc12. The van der Waals surface area contributed by atoms with E-state index in [0.29, 0.717) is 0 Å². The number of nitrogens with two attached hydrogens (primary N) is 1. The Morgan fingerprint density at radius 2 is 1.55 bits per heavy atom. The Hall–Kier alpha value is -3.18. The molecule has 0 saturated heterocycles. The summed E-state index contributed by atoms with van der Waals surface area (Å²) in [5.41, 5.74) is 10.9. The lowest BCUT2D eigenvalue weighted by molar-refractivity contribution is 0.596. The molecule has 31 heavy (non-hydrogen) atoms. The highest BCUT2D eigenvalue weighted by Gasteiger charge is 2.34. The number of imidazole rings is 1. The molecule has 0 aliphatic rings. The van der Waals surface area contributed by atoms with E-state index in [4.69, 9.17) is 5.73 Å². The molecule has 0 spiro atoms. The van der Waals surface area contributed by atoms with Crippen LogP contribution in [0.2, 0.25) is 0 Å². The summed E-state index contributed by atoms with van der Waals surface area (Å²) in [4.78, 5) is 16.4. The Kier molecular flexibility index (Phi) is 7.95. The molecule has 0 fully saturated rings. The highest BCUT2D eigenvalue weighted by molar-refractivity contribution is 5.83. The second-order valence-corrected chi connectivity index (χ2v) is 7.02. The van der Waals surface area contributed by atoms with Crippen LogP contribution in [0.3, 0.4) is 0 Å². The second kappa shape index (κ2) is 10.2. The van der Waals surface area contributed by atoms with Gasteiger partial charge < -0.3 is 14.9 Å². The van der Waals surface area contributed by atoms with Gasteiger partial charge >= 0.3 is 0 Å². The van der Waals surface area contributed by atoms with Gasteiger partial charge in [0.05, 0.1) is 23.7 Å². The van der Waals surface area contributed by atoms with Crippen LogP contribution < -0.4 is 11.3 Å². The minimum Gasteiger partial charge on any atom is -0.336 e. The van der Waals surface area contributed by atoms with Crippen LogP contribution in [-0.4, -0.2) is 14.1 Å². The van der Waals surface area contributed by atoms with Crippen molar-refractivity contribution < 1.29 is 0 Å². The zero-order valence-corrected chi connectivity index (χ0v) is 19.7. The summed E-state index contributed by atoms with van der Waals surface area (Å²) in [6.45, 7) is 9.96. The molecule has 0 bridgehead atoms. The molecule has 2 aromatic carbocycles. The van der Waals surface area contributed by atoms with Gasteiger partial charge in [0.2, 0.25) is 0 Å². The van der Waals surface area contributed by atoms with Crippen LogP contribution in [0.5, 0.6) is 0 Å². The van der Waals surface area contributed by atoms with Gasteiger partial charge in [-0.05, 0) is 35.7 Å². The van der Waals surface area contributed by atoms with Gasteiger partial charge in [-0.2, -0.15) is 0 Å². The standard InChI is InChI=1S/C22H22N4O.2C2H6/c1-15-11-21(27)26(3)19-10-9-17(12-18(15)19)22(23,16-7-5-4-6-8-16)20-13-24-14-25(20)2;2*1-2/h4-14H,23H2,1-3H3;2*1-2H3. The van der Waals surface area contributed by atoms with Crippen LogP contribution in [0.25, 0.3) is 10.9 Å². The van der Waals surface area contributed by atoms with Crippen LogP contribution in [0, 0.1) is 6.92 Å². The van der Waals surface area contributed by atoms with Crippen LogP contribution in [-0.2, 0) is 19.6 Å². The summed E-state index contributed by atoms with van der Waals surface area (Å²) in [6, 6.07) is 17.7. The molecule has 0 radical (unpaired) electrons. The van der Waals surface area contributed by atoms with Crippen LogP contribution >= 0.6 is 0 Å². The van der Waals surface area contributed by atoms with Crippen molar-refractivity contribution in [3.63, 3.8) is 0 Å². The normalized spacial score (nSPS) is 12.3. The highest BCUT2D eigenvalue weighted by atomic mass is 16.1. The maximum absolute atomic E-state index is 12.1. The van der Waals surface area contributed by atoms with E-state index in [1.165, 1.54) is 0 Å². The molecular weight excluding hydrogens is 384 g/mol. The number of aromatic nitrogens is 3. The summed E-state index contributed by atoms with van der Waals surface area (Å²) in [6.07, 6.45) is 3.57. The molecule has 2 aromatic heterocycles. The average molecular weight is 419 g/mol. The summed E-state index contributed by atoms with van der Waals surface area (Å²) in [5, 5.41) is 1.02. The third-order valence-electron chi connectivity index (χ3n) is 5.36. The van der Waals surface area contributed by atoms with E-state index in [1.807, 2.05) is 94.9 Å². The first-order valence-corrected chi connectivity index (χ1v) is 10.8. The molecule has 0 amide bonds. The fraction of sp³-hybridized carbons (Fsp3) is 0.308. The van der Waals surface area contributed by atoms with E-state index in [1.54, 1.807) is 24.0 Å². The Morgan fingerprint density at radius 1 is 0.903 bits per heavy atom. The maximum atomic E-state index is 12.1. The molecule has 0 aliphatic heterocycles. The van der Waals surface area contributed by atoms with Gasteiger partial charge in [-0.3, -0.25) is 4.79 Å². The van der Waals surface area contributed by atoms with E-state index in [0.717, 1.165) is 33.3 Å². The van der Waals surface area contributed by atoms with Gasteiger partial charge in [0.15, 0.2) is 0 Å². The molecule has 4 aromatic rings. The van der Waals surface area contributed by atoms with Gasteiger partial charge in [0.25, 0.3) is 5.56 Å². The highest BCUT2D eigenvalue weighted by Crippen LogP contribution is 2.35. The molecule has 164 valence electrons. The van der Waals surface area contributed by atoms with Gasteiger partial charge in [-0.15, -0.1) is 0 Å². The predicted molar refractivity (Wildman–Crippen MR) is 130 cm³/mol. The van der Waals surface area contributed by atoms with Gasteiger partial charge in [0.1, 0.15) is 5.54 Å². The fourth-order valence-electron chi connectivity index (χ4n) is 3.77. The third kappa shape index (κ3) is 4.32. The van der Waals surface area contributed by atoms with Crippen molar-refractivity contribution in [1.82, 2.24) is 14.1 Å². The molecule has 1 atom stereocenters. The van der Waals surface area contributed by atoms with Crippen molar-refractivity contribution in [3.05, 3.63) is 99.9 Å².